The number of rotatable bonds is 2. The lowest BCUT2D eigenvalue weighted by atomic mass is 10.2. The lowest BCUT2D eigenvalue weighted by Crippen LogP contribution is -2.11. The molecule has 0 unspecified atom stereocenters. The molecule has 0 bridgehead atoms. The minimum atomic E-state index is -0.936. The highest BCUT2D eigenvalue weighted by atomic mass is 19.1. The maximum atomic E-state index is 13.4. The number of nitrogens with one attached hydrogen (secondary N) is 1. The third-order valence-electron chi connectivity index (χ3n) is 3.83. The Bertz CT molecular complexity index is 1260. The van der Waals surface area contributed by atoms with Crippen molar-refractivity contribution in [2.24, 2.45) is 10.2 Å². The lowest BCUT2D eigenvalue weighted by molar-refractivity contribution is 0.0991. The molecule has 0 saturated carbocycles. The summed E-state index contributed by atoms with van der Waals surface area (Å²) in [6, 6.07) is 11.9. The molecule has 2 N–H and O–H groups in total. The van der Waals surface area contributed by atoms with Crippen molar-refractivity contribution in [1.82, 2.24) is 4.98 Å². The van der Waals surface area contributed by atoms with Crippen LogP contribution >= 0.6 is 0 Å². The molecule has 7 nitrogen and oxygen atoms in total. The molecule has 26 heavy (non-hydrogen) atoms. The van der Waals surface area contributed by atoms with Crippen molar-refractivity contribution in [3.05, 3.63) is 70.3 Å². The number of aromatic nitrogens is 1. The van der Waals surface area contributed by atoms with Gasteiger partial charge in [0.1, 0.15) is 17.0 Å². The smallest absolute Gasteiger partial charge is 0.349 e. The van der Waals surface area contributed by atoms with Gasteiger partial charge in [-0.2, -0.15) is 0 Å². The number of azo groups is 1. The summed E-state index contributed by atoms with van der Waals surface area (Å²) in [6.45, 7) is 0. The van der Waals surface area contributed by atoms with Crippen LogP contribution in [0.25, 0.3) is 21.9 Å². The molecular weight excluding hydrogens is 341 g/mol. The molecule has 0 radical (unpaired) electrons. The van der Waals surface area contributed by atoms with Crippen molar-refractivity contribution in [3.63, 3.8) is 0 Å². The molecule has 128 valence electrons. The van der Waals surface area contributed by atoms with Crippen LogP contribution in [0.3, 0.4) is 0 Å². The standard InChI is InChI=1S/C18H10FN3O4/c19-10-5-6-13-11(8-10)15(17(24)20-13)21-22-16(23)12-7-9-3-1-2-4-14(9)26-18(12)25/h1-8,20,24H. The average Bonchev–Trinajstić information content (AvgIpc) is 2.93. The molecule has 8 heteroatoms. The van der Waals surface area contributed by atoms with Gasteiger partial charge in [-0.15, -0.1) is 10.2 Å². The number of hydrogen-bond donors (Lipinski definition) is 2. The number of amides is 1. The van der Waals surface area contributed by atoms with E-state index < -0.39 is 17.3 Å². The quantitative estimate of drug-likeness (QED) is 0.419. The van der Waals surface area contributed by atoms with Gasteiger partial charge in [-0.25, -0.2) is 9.18 Å². The van der Waals surface area contributed by atoms with E-state index in [4.69, 9.17) is 4.42 Å². The molecule has 0 aliphatic carbocycles. The van der Waals surface area contributed by atoms with Gasteiger partial charge in [0.2, 0.25) is 5.88 Å². The van der Waals surface area contributed by atoms with Gasteiger partial charge >= 0.3 is 11.5 Å². The van der Waals surface area contributed by atoms with Gasteiger partial charge in [-0.3, -0.25) is 4.79 Å². The number of fused-ring (bicyclic) bond motifs is 2. The van der Waals surface area contributed by atoms with Crippen molar-refractivity contribution in [1.29, 1.82) is 0 Å². The molecule has 0 saturated heterocycles. The van der Waals surface area contributed by atoms with Crippen LogP contribution in [0.1, 0.15) is 10.4 Å². The predicted molar refractivity (Wildman–Crippen MR) is 91.3 cm³/mol. The Balaban J connectivity index is 1.75. The van der Waals surface area contributed by atoms with Gasteiger partial charge in [-0.05, 0) is 30.3 Å². The first-order valence-corrected chi connectivity index (χ1v) is 7.52. The third kappa shape index (κ3) is 2.63. The summed E-state index contributed by atoms with van der Waals surface area (Å²) in [7, 11) is 0. The van der Waals surface area contributed by atoms with Crippen molar-refractivity contribution < 1.29 is 18.7 Å². The van der Waals surface area contributed by atoms with Crippen LogP contribution in [0.2, 0.25) is 0 Å². The maximum Gasteiger partial charge on any atom is 0.349 e. The molecule has 0 aliphatic rings. The van der Waals surface area contributed by atoms with E-state index in [1.807, 2.05) is 0 Å². The Morgan fingerprint density at radius 1 is 1.15 bits per heavy atom. The third-order valence-corrected chi connectivity index (χ3v) is 3.83. The van der Waals surface area contributed by atoms with Crippen molar-refractivity contribution in [3.8, 4) is 5.88 Å². The van der Waals surface area contributed by atoms with Crippen LogP contribution in [0.4, 0.5) is 10.1 Å². The molecule has 4 rings (SSSR count). The SMILES string of the molecule is O=C(N=Nc1c(O)[nH]c2ccc(F)cc12)c1cc2ccccc2oc1=O. The van der Waals surface area contributed by atoms with E-state index in [-0.39, 0.29) is 22.5 Å². The van der Waals surface area contributed by atoms with Gasteiger partial charge in [0, 0.05) is 10.8 Å². The van der Waals surface area contributed by atoms with Gasteiger partial charge in [0.15, 0.2) is 5.69 Å². The number of para-hydroxylation sites is 1. The monoisotopic (exact) mass is 351 g/mol. The summed E-state index contributed by atoms with van der Waals surface area (Å²) in [4.78, 5) is 26.8. The fraction of sp³-hybridized carbons (Fsp3) is 0. The Morgan fingerprint density at radius 2 is 1.96 bits per heavy atom. The molecular formula is C18H10FN3O4. The van der Waals surface area contributed by atoms with E-state index in [9.17, 15) is 19.1 Å². The summed E-state index contributed by atoms with van der Waals surface area (Å²) in [5.41, 5.74) is -0.468. The minimum absolute atomic E-state index is 0.0990. The topological polar surface area (TPSA) is 108 Å². The number of carbonyl (C=O) groups is 1. The lowest BCUT2D eigenvalue weighted by Gasteiger charge is -1.98. The van der Waals surface area contributed by atoms with Crippen LogP contribution < -0.4 is 5.63 Å². The summed E-state index contributed by atoms with van der Waals surface area (Å²) >= 11 is 0. The first-order valence-electron chi connectivity index (χ1n) is 7.52. The summed E-state index contributed by atoms with van der Waals surface area (Å²) in [5, 5.41) is 17.8. The highest BCUT2D eigenvalue weighted by Crippen LogP contribution is 2.35. The average molecular weight is 351 g/mol. The summed E-state index contributed by atoms with van der Waals surface area (Å²) in [5.74, 6) is -1.84. The maximum absolute atomic E-state index is 13.4. The van der Waals surface area contributed by atoms with E-state index in [1.54, 1.807) is 24.3 Å². The highest BCUT2D eigenvalue weighted by Gasteiger charge is 2.15. The van der Waals surface area contributed by atoms with Gasteiger partial charge in [0.25, 0.3) is 0 Å². The first kappa shape index (κ1) is 15.7. The molecule has 0 atom stereocenters. The zero-order valence-corrected chi connectivity index (χ0v) is 13.1. The van der Waals surface area contributed by atoms with E-state index in [2.05, 4.69) is 15.2 Å². The molecule has 2 aromatic carbocycles. The number of H-pyrrole nitrogens is 1. The number of carbonyl (C=O) groups excluding carboxylic acids is 1. The van der Waals surface area contributed by atoms with Gasteiger partial charge < -0.3 is 14.5 Å². The predicted octanol–water partition coefficient (Wildman–Crippen LogP) is 4.04. The summed E-state index contributed by atoms with van der Waals surface area (Å²) < 4.78 is 18.5. The highest BCUT2D eigenvalue weighted by molar-refractivity contribution is 5.98. The molecule has 2 heterocycles. The fourth-order valence-electron chi connectivity index (χ4n) is 2.60. The molecule has 0 spiro atoms. The van der Waals surface area contributed by atoms with E-state index in [1.165, 1.54) is 18.2 Å². The Morgan fingerprint density at radius 3 is 2.81 bits per heavy atom. The molecule has 2 aromatic heterocycles. The Hall–Kier alpha value is -3.81. The normalized spacial score (nSPS) is 11.6. The van der Waals surface area contributed by atoms with Crippen LogP contribution in [-0.2, 0) is 0 Å². The second-order valence-corrected chi connectivity index (χ2v) is 5.50. The van der Waals surface area contributed by atoms with Crippen LogP contribution in [0, 0.1) is 5.82 Å². The number of aromatic amines is 1. The van der Waals surface area contributed by atoms with Gasteiger partial charge in [0.05, 0.1) is 5.52 Å². The number of benzene rings is 2. The number of nitrogens with zero attached hydrogens (tertiary/aromatic N) is 2. The van der Waals surface area contributed by atoms with E-state index in [0.29, 0.717) is 16.5 Å². The Labute approximate surface area is 144 Å². The van der Waals surface area contributed by atoms with Crippen molar-refractivity contribution in [2.45, 2.75) is 0 Å². The second kappa shape index (κ2) is 5.92. The number of aromatic hydroxyl groups is 1. The van der Waals surface area contributed by atoms with Crippen LogP contribution in [-0.4, -0.2) is 16.0 Å². The van der Waals surface area contributed by atoms with Crippen LogP contribution in [0.5, 0.6) is 5.88 Å². The summed E-state index contributed by atoms with van der Waals surface area (Å²) in [6.07, 6.45) is 0. The first-order chi connectivity index (χ1) is 12.5. The zero-order valence-electron chi connectivity index (χ0n) is 13.1. The molecule has 0 fully saturated rings. The van der Waals surface area contributed by atoms with E-state index in [0.717, 1.165) is 6.07 Å². The zero-order chi connectivity index (χ0) is 18.3. The fourth-order valence-corrected chi connectivity index (χ4v) is 2.60. The minimum Gasteiger partial charge on any atom is -0.493 e. The van der Waals surface area contributed by atoms with Gasteiger partial charge in [-0.1, -0.05) is 18.2 Å². The number of hydrogen-bond acceptors (Lipinski definition) is 5. The second-order valence-electron chi connectivity index (χ2n) is 5.50. The molecule has 4 aromatic rings. The van der Waals surface area contributed by atoms with E-state index >= 15 is 0 Å². The van der Waals surface area contributed by atoms with Crippen LogP contribution in [0.15, 0.2) is 68.0 Å². The van der Waals surface area contributed by atoms with Crippen molar-refractivity contribution >= 4 is 33.5 Å². The molecule has 1 amide bonds. The number of halogens is 1. The largest absolute Gasteiger partial charge is 0.493 e. The van der Waals surface area contributed by atoms with Crippen molar-refractivity contribution in [2.75, 3.05) is 0 Å². The molecule has 0 aliphatic heterocycles. The Kier molecular flexibility index (Phi) is 3.58.